The third-order valence-electron chi connectivity index (χ3n) is 7.31. The Kier molecular flexibility index (Phi) is 7.40. The number of carbonyl (C=O) groups excluding carboxylic acids is 1. The Morgan fingerprint density at radius 3 is 2.47 bits per heavy atom. The van der Waals surface area contributed by atoms with Crippen LogP contribution in [0.3, 0.4) is 0 Å². The first-order valence-corrected chi connectivity index (χ1v) is 12.9. The molecule has 0 N–H and O–H groups in total. The zero-order valence-corrected chi connectivity index (χ0v) is 20.0. The van der Waals surface area contributed by atoms with Gasteiger partial charge in [0, 0.05) is 48.4 Å². The van der Waals surface area contributed by atoms with Gasteiger partial charge in [0.1, 0.15) is 5.75 Å². The lowest BCUT2D eigenvalue weighted by Crippen LogP contribution is -2.36. The molecule has 178 valence electrons. The normalized spacial score (nSPS) is 17.7. The van der Waals surface area contributed by atoms with Gasteiger partial charge in [-0.25, -0.2) is 0 Å². The zero-order chi connectivity index (χ0) is 23.2. The summed E-state index contributed by atoms with van der Waals surface area (Å²) < 4.78 is 5.93. The monoisotopic (exact) mass is 457 g/mol. The Labute approximate surface area is 202 Å². The SMILES string of the molecule is O=C(c1ccc(OCCCN2CCCCC2)cc1)C1CCN(c2ccnc3ccccc23)CC1. The van der Waals surface area contributed by atoms with Crippen LogP contribution in [0.5, 0.6) is 5.75 Å². The number of ether oxygens (including phenoxy) is 1. The van der Waals surface area contributed by atoms with Gasteiger partial charge in [-0.3, -0.25) is 9.78 Å². The number of ketones is 1. The first-order valence-electron chi connectivity index (χ1n) is 12.9. The highest BCUT2D eigenvalue weighted by Crippen LogP contribution is 2.30. The van der Waals surface area contributed by atoms with Crippen molar-refractivity contribution in [1.29, 1.82) is 0 Å². The van der Waals surface area contributed by atoms with Crippen molar-refractivity contribution in [3.63, 3.8) is 0 Å². The first kappa shape index (κ1) is 22.9. The number of anilines is 1. The molecule has 1 aromatic heterocycles. The molecule has 0 atom stereocenters. The van der Waals surface area contributed by atoms with E-state index in [4.69, 9.17) is 4.74 Å². The van der Waals surface area contributed by atoms with Crippen molar-refractivity contribution in [1.82, 2.24) is 9.88 Å². The minimum Gasteiger partial charge on any atom is -0.494 e. The van der Waals surface area contributed by atoms with Crippen LogP contribution < -0.4 is 9.64 Å². The molecule has 5 rings (SSSR count). The number of aromatic nitrogens is 1. The van der Waals surface area contributed by atoms with E-state index in [-0.39, 0.29) is 11.7 Å². The molecule has 0 unspecified atom stereocenters. The lowest BCUT2D eigenvalue weighted by Gasteiger charge is -2.33. The van der Waals surface area contributed by atoms with Crippen LogP contribution in [0, 0.1) is 5.92 Å². The van der Waals surface area contributed by atoms with Gasteiger partial charge in [-0.15, -0.1) is 0 Å². The van der Waals surface area contributed by atoms with Crippen LogP contribution in [-0.2, 0) is 0 Å². The summed E-state index contributed by atoms with van der Waals surface area (Å²) in [7, 11) is 0. The van der Waals surface area contributed by atoms with Crippen LogP contribution in [0.25, 0.3) is 10.9 Å². The molecule has 2 aliphatic rings. The molecule has 3 aromatic rings. The second-order valence-corrected chi connectivity index (χ2v) is 9.60. The number of benzene rings is 2. The van der Waals surface area contributed by atoms with Gasteiger partial charge in [0.2, 0.25) is 0 Å². The molecule has 3 heterocycles. The minimum atomic E-state index is 0.0839. The second kappa shape index (κ2) is 11.0. The average Bonchev–Trinajstić information content (AvgIpc) is 2.91. The summed E-state index contributed by atoms with van der Waals surface area (Å²) in [6, 6.07) is 18.1. The number of Topliss-reactive ketones (excluding diaryl/α,β-unsaturated/α-hetero) is 1. The van der Waals surface area contributed by atoms with Gasteiger partial charge in [-0.05, 0) is 81.6 Å². The molecular formula is C29H35N3O2. The quantitative estimate of drug-likeness (QED) is 0.326. The molecule has 0 aliphatic carbocycles. The van der Waals surface area contributed by atoms with Crippen LogP contribution in [0.15, 0.2) is 60.8 Å². The number of carbonyl (C=O) groups is 1. The molecule has 2 fully saturated rings. The molecule has 0 spiro atoms. The number of fused-ring (bicyclic) bond motifs is 1. The summed E-state index contributed by atoms with van der Waals surface area (Å²) in [6.07, 6.45) is 8.72. The molecule has 34 heavy (non-hydrogen) atoms. The topological polar surface area (TPSA) is 45.7 Å². The number of para-hydroxylation sites is 1. The number of pyridine rings is 1. The number of likely N-dealkylation sites (tertiary alicyclic amines) is 1. The van der Waals surface area contributed by atoms with Crippen molar-refractivity contribution in [2.24, 2.45) is 5.92 Å². The molecule has 2 aromatic carbocycles. The van der Waals surface area contributed by atoms with Gasteiger partial charge in [0.05, 0.1) is 12.1 Å². The third kappa shape index (κ3) is 5.41. The Morgan fingerprint density at radius 2 is 1.68 bits per heavy atom. The fourth-order valence-electron chi connectivity index (χ4n) is 5.35. The molecular weight excluding hydrogens is 422 g/mol. The largest absolute Gasteiger partial charge is 0.494 e. The number of piperidine rings is 2. The van der Waals surface area contributed by atoms with E-state index in [1.807, 2.05) is 36.5 Å². The Balaban J connectivity index is 1.10. The smallest absolute Gasteiger partial charge is 0.166 e. The predicted octanol–water partition coefficient (Wildman–Crippen LogP) is 5.59. The van der Waals surface area contributed by atoms with Crippen molar-refractivity contribution < 1.29 is 9.53 Å². The standard InChI is InChI=1S/C29H35N3O2/c33-29(23-9-11-25(12-10-23)34-22-6-19-31-17-4-1-5-18-31)24-14-20-32(21-15-24)28-13-16-30-27-8-3-2-7-26(27)28/h2-3,7-13,16,24H,1,4-6,14-15,17-22H2. The van der Waals surface area contributed by atoms with Crippen molar-refractivity contribution in [3.05, 3.63) is 66.4 Å². The van der Waals surface area contributed by atoms with Gasteiger partial charge in [-0.2, -0.15) is 0 Å². The highest BCUT2D eigenvalue weighted by atomic mass is 16.5. The lowest BCUT2D eigenvalue weighted by molar-refractivity contribution is 0.0900. The number of nitrogens with zero attached hydrogens (tertiary/aromatic N) is 3. The van der Waals surface area contributed by atoms with Crippen molar-refractivity contribution in [3.8, 4) is 5.75 Å². The van der Waals surface area contributed by atoms with Gasteiger partial charge in [-0.1, -0.05) is 24.6 Å². The fraction of sp³-hybridized carbons (Fsp3) is 0.448. The molecule has 2 aliphatic heterocycles. The van der Waals surface area contributed by atoms with E-state index in [9.17, 15) is 4.79 Å². The summed E-state index contributed by atoms with van der Waals surface area (Å²) in [5.41, 5.74) is 3.04. The van der Waals surface area contributed by atoms with Crippen LogP contribution in [0.1, 0.15) is 48.9 Å². The molecule has 5 nitrogen and oxygen atoms in total. The molecule has 2 saturated heterocycles. The first-order chi connectivity index (χ1) is 16.8. The van der Waals surface area contributed by atoms with E-state index >= 15 is 0 Å². The van der Waals surface area contributed by atoms with E-state index in [0.717, 1.165) is 62.3 Å². The van der Waals surface area contributed by atoms with Crippen molar-refractivity contribution in [2.75, 3.05) is 44.2 Å². The van der Waals surface area contributed by atoms with Crippen LogP contribution in [0.2, 0.25) is 0 Å². The number of hydrogen-bond acceptors (Lipinski definition) is 5. The second-order valence-electron chi connectivity index (χ2n) is 9.60. The maximum absolute atomic E-state index is 13.1. The van der Waals surface area contributed by atoms with E-state index in [2.05, 4.69) is 39.0 Å². The summed E-state index contributed by atoms with van der Waals surface area (Å²) >= 11 is 0. The molecule has 0 bridgehead atoms. The molecule has 0 saturated carbocycles. The summed E-state index contributed by atoms with van der Waals surface area (Å²) in [5.74, 6) is 1.20. The van der Waals surface area contributed by atoms with Crippen LogP contribution >= 0.6 is 0 Å². The van der Waals surface area contributed by atoms with E-state index < -0.39 is 0 Å². The van der Waals surface area contributed by atoms with E-state index in [0.29, 0.717) is 0 Å². The highest BCUT2D eigenvalue weighted by molar-refractivity contribution is 5.98. The van der Waals surface area contributed by atoms with Crippen LogP contribution in [0.4, 0.5) is 5.69 Å². The number of hydrogen-bond donors (Lipinski definition) is 0. The van der Waals surface area contributed by atoms with Gasteiger partial charge in [0.15, 0.2) is 5.78 Å². The van der Waals surface area contributed by atoms with E-state index in [1.165, 1.54) is 43.4 Å². The van der Waals surface area contributed by atoms with Gasteiger partial charge in [0.25, 0.3) is 0 Å². The van der Waals surface area contributed by atoms with E-state index in [1.54, 1.807) is 0 Å². The maximum atomic E-state index is 13.1. The predicted molar refractivity (Wildman–Crippen MR) is 138 cm³/mol. The third-order valence-corrected chi connectivity index (χ3v) is 7.31. The summed E-state index contributed by atoms with van der Waals surface area (Å²) in [4.78, 5) is 22.5. The highest BCUT2D eigenvalue weighted by Gasteiger charge is 2.26. The van der Waals surface area contributed by atoms with Gasteiger partial charge < -0.3 is 14.5 Å². The zero-order valence-electron chi connectivity index (χ0n) is 20.0. The van der Waals surface area contributed by atoms with Crippen molar-refractivity contribution >= 4 is 22.4 Å². The summed E-state index contributed by atoms with van der Waals surface area (Å²) in [5, 5.41) is 1.18. The maximum Gasteiger partial charge on any atom is 0.166 e. The Morgan fingerprint density at radius 1 is 0.912 bits per heavy atom. The molecule has 0 amide bonds. The minimum absolute atomic E-state index is 0.0839. The molecule has 0 radical (unpaired) electrons. The molecule has 5 heteroatoms. The summed E-state index contributed by atoms with van der Waals surface area (Å²) in [6.45, 7) is 6.09. The van der Waals surface area contributed by atoms with Gasteiger partial charge >= 0.3 is 0 Å². The average molecular weight is 458 g/mol. The Bertz CT molecular complexity index is 1080. The fourth-order valence-corrected chi connectivity index (χ4v) is 5.35. The Hall–Kier alpha value is -2.92. The lowest BCUT2D eigenvalue weighted by atomic mass is 9.88. The van der Waals surface area contributed by atoms with Crippen LogP contribution in [-0.4, -0.2) is 55.0 Å². The van der Waals surface area contributed by atoms with Crippen molar-refractivity contribution in [2.45, 2.75) is 38.5 Å². The number of rotatable bonds is 8.